The van der Waals surface area contributed by atoms with Gasteiger partial charge in [0.2, 0.25) is 0 Å². The van der Waals surface area contributed by atoms with Crippen LogP contribution in [0.4, 0.5) is 10.3 Å². The van der Waals surface area contributed by atoms with Crippen molar-refractivity contribution in [2.24, 2.45) is 0 Å². The molecule has 0 amide bonds. The van der Waals surface area contributed by atoms with E-state index in [9.17, 15) is 24.4 Å². The highest BCUT2D eigenvalue weighted by Crippen LogP contribution is 2.28. The SMILES string of the molecule is O=C(O)c1cn(-c2ccc(F)cc2)nc1-c1ccc([N+](=O)[O-])o1. The molecule has 0 saturated heterocycles. The number of carboxylic acid groups (broad SMARTS) is 1. The van der Waals surface area contributed by atoms with E-state index in [4.69, 9.17) is 4.42 Å². The molecule has 1 aromatic carbocycles. The van der Waals surface area contributed by atoms with E-state index in [2.05, 4.69) is 5.10 Å². The first-order valence-electron chi connectivity index (χ1n) is 6.29. The van der Waals surface area contributed by atoms with Gasteiger partial charge in [0.1, 0.15) is 22.0 Å². The number of hydrogen-bond donors (Lipinski definition) is 1. The maximum Gasteiger partial charge on any atom is 0.433 e. The average molecular weight is 317 g/mol. The minimum Gasteiger partial charge on any atom is -0.478 e. The van der Waals surface area contributed by atoms with E-state index in [1.807, 2.05) is 0 Å². The number of furan rings is 1. The average Bonchev–Trinajstić information content (AvgIpc) is 3.14. The minimum absolute atomic E-state index is 0.0463. The molecule has 8 nitrogen and oxygen atoms in total. The Morgan fingerprint density at radius 2 is 1.96 bits per heavy atom. The number of halogens is 1. The van der Waals surface area contributed by atoms with Crippen molar-refractivity contribution in [1.82, 2.24) is 9.78 Å². The van der Waals surface area contributed by atoms with Crippen LogP contribution in [-0.4, -0.2) is 25.8 Å². The van der Waals surface area contributed by atoms with E-state index in [1.54, 1.807) is 0 Å². The molecule has 2 aromatic heterocycles. The number of nitrogens with zero attached hydrogens (tertiary/aromatic N) is 3. The largest absolute Gasteiger partial charge is 0.478 e. The molecular weight excluding hydrogens is 309 g/mol. The van der Waals surface area contributed by atoms with Crippen molar-refractivity contribution >= 4 is 11.9 Å². The second-order valence-electron chi connectivity index (χ2n) is 4.51. The Kier molecular flexibility index (Phi) is 3.37. The van der Waals surface area contributed by atoms with Crippen LogP contribution in [0.3, 0.4) is 0 Å². The normalized spacial score (nSPS) is 10.7. The van der Waals surface area contributed by atoms with Gasteiger partial charge in [-0.1, -0.05) is 0 Å². The summed E-state index contributed by atoms with van der Waals surface area (Å²) in [7, 11) is 0. The third kappa shape index (κ3) is 2.67. The number of carbonyl (C=O) groups is 1. The third-order valence-corrected chi connectivity index (χ3v) is 3.04. The number of aromatic carboxylic acids is 1. The second kappa shape index (κ2) is 5.37. The van der Waals surface area contributed by atoms with Gasteiger partial charge in [-0.3, -0.25) is 10.1 Å². The fraction of sp³-hybridized carbons (Fsp3) is 0. The molecule has 9 heteroatoms. The lowest BCUT2D eigenvalue weighted by molar-refractivity contribution is -0.401. The number of aromatic nitrogens is 2. The predicted octanol–water partition coefficient (Wildman–Crippen LogP) is 2.88. The van der Waals surface area contributed by atoms with Crippen molar-refractivity contribution in [3.8, 4) is 17.1 Å². The van der Waals surface area contributed by atoms with Crippen molar-refractivity contribution in [2.45, 2.75) is 0 Å². The van der Waals surface area contributed by atoms with E-state index in [0.717, 1.165) is 6.07 Å². The number of rotatable bonds is 4. The summed E-state index contributed by atoms with van der Waals surface area (Å²) in [5.41, 5.74) is 0.176. The molecule has 0 aliphatic heterocycles. The van der Waals surface area contributed by atoms with Crippen LogP contribution in [0, 0.1) is 15.9 Å². The fourth-order valence-corrected chi connectivity index (χ4v) is 1.99. The van der Waals surface area contributed by atoms with Gasteiger partial charge in [-0.05, 0) is 30.3 Å². The summed E-state index contributed by atoms with van der Waals surface area (Å²) in [6.45, 7) is 0. The van der Waals surface area contributed by atoms with Crippen molar-refractivity contribution in [2.75, 3.05) is 0 Å². The minimum atomic E-state index is -1.27. The molecule has 0 spiro atoms. The highest BCUT2D eigenvalue weighted by molar-refractivity contribution is 5.94. The highest BCUT2D eigenvalue weighted by atomic mass is 19.1. The van der Waals surface area contributed by atoms with Gasteiger partial charge in [0, 0.05) is 6.20 Å². The van der Waals surface area contributed by atoms with Gasteiger partial charge >= 0.3 is 11.9 Å². The summed E-state index contributed by atoms with van der Waals surface area (Å²) in [4.78, 5) is 21.3. The van der Waals surface area contributed by atoms with Crippen molar-refractivity contribution in [3.05, 3.63) is 64.1 Å². The highest BCUT2D eigenvalue weighted by Gasteiger charge is 2.22. The third-order valence-electron chi connectivity index (χ3n) is 3.04. The lowest BCUT2D eigenvalue weighted by Crippen LogP contribution is -1.96. The van der Waals surface area contributed by atoms with Crippen molar-refractivity contribution < 1.29 is 23.6 Å². The summed E-state index contributed by atoms with van der Waals surface area (Å²) >= 11 is 0. The zero-order valence-corrected chi connectivity index (χ0v) is 11.3. The number of hydrogen-bond acceptors (Lipinski definition) is 5. The van der Waals surface area contributed by atoms with Gasteiger partial charge in [-0.15, -0.1) is 0 Å². The maximum absolute atomic E-state index is 13.0. The predicted molar refractivity (Wildman–Crippen MR) is 74.8 cm³/mol. The van der Waals surface area contributed by atoms with Gasteiger partial charge in [-0.25, -0.2) is 13.9 Å². The first-order valence-corrected chi connectivity index (χ1v) is 6.29. The Labute approximate surface area is 127 Å². The summed E-state index contributed by atoms with van der Waals surface area (Å²) in [5, 5.41) is 24.0. The van der Waals surface area contributed by atoms with E-state index >= 15 is 0 Å². The van der Waals surface area contributed by atoms with Crippen LogP contribution >= 0.6 is 0 Å². The zero-order valence-electron chi connectivity index (χ0n) is 11.3. The molecule has 1 N–H and O–H groups in total. The molecule has 3 rings (SSSR count). The van der Waals surface area contributed by atoms with Crippen LogP contribution in [0.1, 0.15) is 10.4 Å². The monoisotopic (exact) mass is 317 g/mol. The Bertz CT molecular complexity index is 898. The molecule has 0 saturated carbocycles. The first kappa shape index (κ1) is 14.4. The molecule has 0 fully saturated rings. The van der Waals surface area contributed by atoms with Crippen LogP contribution in [0.25, 0.3) is 17.1 Å². The molecule has 0 unspecified atom stereocenters. The molecule has 116 valence electrons. The van der Waals surface area contributed by atoms with Crippen LogP contribution < -0.4 is 0 Å². The van der Waals surface area contributed by atoms with Crippen LogP contribution in [0.15, 0.2) is 47.0 Å². The summed E-state index contributed by atoms with van der Waals surface area (Å²) < 4.78 is 19.2. The van der Waals surface area contributed by atoms with Crippen LogP contribution in [-0.2, 0) is 0 Å². The standard InChI is InChI=1S/C14H8FN3O5/c15-8-1-3-9(4-2-8)17-7-10(14(19)20)13(16-17)11-5-6-12(23-11)18(21)22/h1-7H,(H,19,20). The van der Waals surface area contributed by atoms with E-state index in [-0.39, 0.29) is 17.0 Å². The molecule has 0 atom stereocenters. The Morgan fingerprint density at radius 1 is 1.26 bits per heavy atom. The number of benzene rings is 1. The molecule has 0 aliphatic carbocycles. The maximum atomic E-state index is 13.0. The lowest BCUT2D eigenvalue weighted by Gasteiger charge is -1.99. The van der Waals surface area contributed by atoms with Gasteiger partial charge in [0.05, 0.1) is 11.8 Å². The number of nitro groups is 1. The summed E-state index contributed by atoms with van der Waals surface area (Å²) in [5.74, 6) is -2.28. The molecule has 0 aliphatic rings. The Morgan fingerprint density at radius 3 is 2.52 bits per heavy atom. The fourth-order valence-electron chi connectivity index (χ4n) is 1.99. The van der Waals surface area contributed by atoms with Crippen molar-refractivity contribution in [3.63, 3.8) is 0 Å². The molecule has 3 aromatic rings. The molecule has 2 heterocycles. The summed E-state index contributed by atoms with van der Waals surface area (Å²) in [6.07, 6.45) is 1.22. The van der Waals surface area contributed by atoms with Gasteiger partial charge in [-0.2, -0.15) is 5.10 Å². The first-order chi connectivity index (χ1) is 11.0. The summed E-state index contributed by atoms with van der Waals surface area (Å²) in [6, 6.07) is 7.62. The Hall–Kier alpha value is -3.49. The quantitative estimate of drug-likeness (QED) is 0.585. The molecular formula is C14H8FN3O5. The Balaban J connectivity index is 2.10. The molecule has 0 radical (unpaired) electrons. The van der Waals surface area contributed by atoms with E-state index in [0.29, 0.717) is 5.69 Å². The second-order valence-corrected chi connectivity index (χ2v) is 4.51. The van der Waals surface area contributed by atoms with E-state index in [1.165, 1.54) is 41.2 Å². The molecule has 23 heavy (non-hydrogen) atoms. The molecule has 0 bridgehead atoms. The van der Waals surface area contributed by atoms with E-state index < -0.39 is 22.6 Å². The lowest BCUT2D eigenvalue weighted by atomic mass is 10.2. The zero-order chi connectivity index (χ0) is 16.6. The van der Waals surface area contributed by atoms with Gasteiger partial charge in [0.25, 0.3) is 0 Å². The van der Waals surface area contributed by atoms with Crippen molar-refractivity contribution in [1.29, 1.82) is 0 Å². The smallest absolute Gasteiger partial charge is 0.433 e. The van der Waals surface area contributed by atoms with Crippen LogP contribution in [0.2, 0.25) is 0 Å². The van der Waals surface area contributed by atoms with Gasteiger partial charge < -0.3 is 9.52 Å². The topological polar surface area (TPSA) is 111 Å². The van der Waals surface area contributed by atoms with Gasteiger partial charge in [0.15, 0.2) is 5.76 Å². The number of carboxylic acids is 1. The van der Waals surface area contributed by atoms with Crippen LogP contribution in [0.5, 0.6) is 0 Å².